The van der Waals surface area contributed by atoms with Crippen LogP contribution < -0.4 is 20.4 Å². The van der Waals surface area contributed by atoms with Crippen LogP contribution in [0.2, 0.25) is 0 Å². The van der Waals surface area contributed by atoms with E-state index in [9.17, 15) is 19.7 Å². The molecule has 0 amide bonds. The van der Waals surface area contributed by atoms with Crippen molar-refractivity contribution in [3.05, 3.63) is 44.0 Å². The molecule has 1 saturated heterocycles. The largest absolute Gasteiger partial charge is 0.492 e. The second kappa shape index (κ2) is 8.80. The molecule has 1 aliphatic heterocycles. The van der Waals surface area contributed by atoms with Crippen LogP contribution in [0, 0.1) is 15.9 Å². The fourth-order valence-electron chi connectivity index (χ4n) is 4.17. The summed E-state index contributed by atoms with van der Waals surface area (Å²) in [6.07, 6.45) is 3.89. The predicted octanol–water partition coefficient (Wildman–Crippen LogP) is 2.16. The van der Waals surface area contributed by atoms with E-state index in [1.807, 2.05) is 11.9 Å². The van der Waals surface area contributed by atoms with Gasteiger partial charge in [0.2, 0.25) is 11.2 Å². The van der Waals surface area contributed by atoms with Crippen LogP contribution in [0.1, 0.15) is 35.7 Å². The Morgan fingerprint density at radius 1 is 1.39 bits per heavy atom. The molecular formula is C20H24ClFN4O5. The lowest BCUT2D eigenvalue weighted by Crippen LogP contribution is -2.30. The van der Waals surface area contributed by atoms with E-state index >= 15 is 4.39 Å². The lowest BCUT2D eigenvalue weighted by Gasteiger charge is -2.24. The van der Waals surface area contributed by atoms with Crippen LogP contribution in [-0.2, 0) is 0 Å². The van der Waals surface area contributed by atoms with E-state index in [2.05, 4.69) is 5.32 Å². The highest BCUT2D eigenvalue weighted by molar-refractivity contribution is 6.01. The Labute approximate surface area is 183 Å². The maximum absolute atomic E-state index is 15.2. The number of aromatic nitrogens is 1. The molecule has 0 spiro atoms. The summed E-state index contributed by atoms with van der Waals surface area (Å²) in [6.45, 7) is 0.252. The number of carbonyl (C=O) groups excluding carboxylic acids is 1. The van der Waals surface area contributed by atoms with Gasteiger partial charge in [-0.3, -0.25) is 19.7 Å². The molecule has 4 rings (SSSR count). The van der Waals surface area contributed by atoms with Crippen LogP contribution in [0.5, 0.6) is 5.75 Å². The van der Waals surface area contributed by atoms with E-state index in [0.29, 0.717) is 24.3 Å². The number of nitrogens with one attached hydrogen (secondary N) is 1. The molecule has 1 atom stereocenters. The second-order valence-corrected chi connectivity index (χ2v) is 7.78. The summed E-state index contributed by atoms with van der Waals surface area (Å²) in [7, 11) is 3.28. The molecule has 2 aromatic rings. The first kappa shape index (κ1) is 23.0. The van der Waals surface area contributed by atoms with Crippen molar-refractivity contribution in [2.75, 3.05) is 38.7 Å². The van der Waals surface area contributed by atoms with Crippen LogP contribution in [0.25, 0.3) is 10.9 Å². The molecule has 0 bridgehead atoms. The Kier molecular flexibility index (Phi) is 6.51. The molecule has 2 aliphatic rings. The maximum atomic E-state index is 15.2. The Bertz CT molecular complexity index is 1100. The number of methoxy groups -OCH3 is 1. The number of hydrogen-bond acceptors (Lipinski definition) is 7. The zero-order valence-corrected chi connectivity index (χ0v) is 18.0. The van der Waals surface area contributed by atoms with Crippen molar-refractivity contribution in [2.45, 2.75) is 31.3 Å². The number of Topliss-reactive ketones (excluding diaryl/α,β-unsaturated/α-hetero) is 1. The minimum atomic E-state index is -0.984. The highest BCUT2D eigenvalue weighted by Crippen LogP contribution is 2.44. The topological polar surface area (TPSA) is 107 Å². The van der Waals surface area contributed by atoms with Gasteiger partial charge < -0.3 is 19.5 Å². The number of ketones is 1. The second-order valence-electron chi connectivity index (χ2n) is 7.78. The molecule has 168 valence electrons. The van der Waals surface area contributed by atoms with Crippen LogP contribution in [0.4, 0.5) is 10.1 Å². The third-order valence-corrected chi connectivity index (χ3v) is 5.83. The average Bonchev–Trinajstić information content (AvgIpc) is 3.44. The van der Waals surface area contributed by atoms with E-state index in [4.69, 9.17) is 4.74 Å². The average molecular weight is 455 g/mol. The van der Waals surface area contributed by atoms with E-state index in [1.165, 1.54) is 13.3 Å². The molecule has 1 N–H and O–H groups in total. The molecule has 1 aromatic carbocycles. The van der Waals surface area contributed by atoms with Crippen molar-refractivity contribution < 1.29 is 18.8 Å². The number of likely N-dealkylation sites (N-methyl/N-ethyl adjacent to an activating group) is 1. The molecule has 0 radical (unpaired) electrons. The fourth-order valence-corrected chi connectivity index (χ4v) is 4.17. The number of pyridine rings is 1. The summed E-state index contributed by atoms with van der Waals surface area (Å²) in [4.78, 5) is 37.2. The van der Waals surface area contributed by atoms with Gasteiger partial charge >= 0.3 is 0 Å². The molecule has 1 aromatic heterocycles. The van der Waals surface area contributed by atoms with Crippen LogP contribution in [0.15, 0.2) is 17.1 Å². The molecule has 31 heavy (non-hydrogen) atoms. The zero-order valence-electron chi connectivity index (χ0n) is 17.2. The van der Waals surface area contributed by atoms with Crippen LogP contribution in [0.3, 0.4) is 0 Å². The Hall–Kier alpha value is -2.72. The number of ether oxygens (including phenoxy) is 1. The molecule has 1 saturated carbocycles. The van der Waals surface area contributed by atoms with E-state index in [0.717, 1.165) is 25.3 Å². The lowest BCUT2D eigenvalue weighted by atomic mass is 10.1. The van der Waals surface area contributed by atoms with Crippen LogP contribution in [-0.4, -0.2) is 55.1 Å². The fraction of sp³-hybridized carbons (Fsp3) is 0.500. The third-order valence-electron chi connectivity index (χ3n) is 5.83. The highest BCUT2D eigenvalue weighted by atomic mass is 35.5. The van der Waals surface area contributed by atoms with Gasteiger partial charge in [0.25, 0.3) is 6.54 Å². The number of rotatable bonds is 7. The number of halogens is 2. The Balaban J connectivity index is 0.00000272. The molecule has 2 fully saturated rings. The summed E-state index contributed by atoms with van der Waals surface area (Å²) in [5.74, 6) is -1.25. The quantitative estimate of drug-likeness (QED) is 0.388. The minimum Gasteiger partial charge on any atom is -0.492 e. The van der Waals surface area contributed by atoms with Gasteiger partial charge in [0.05, 0.1) is 23.6 Å². The normalized spacial score (nSPS) is 18.2. The standard InChI is InChI=1S/C20H23FN4O5.ClH/c1-22-11-5-6-23(8-11)18-15(21)7-13-17(20(18)30-2)24(12-3-4-12)9-14(19(13)27)16(26)10-25(28)29;/h7,9,11-12,22H,3-6,8,10H2,1-2H3;1H/t11-;/m0./s1. The molecule has 11 heteroatoms. The number of fused-ring (bicyclic) bond motifs is 1. The predicted molar refractivity (Wildman–Crippen MR) is 116 cm³/mol. The lowest BCUT2D eigenvalue weighted by molar-refractivity contribution is -0.465. The number of benzene rings is 1. The van der Waals surface area contributed by atoms with Crippen molar-refractivity contribution >= 4 is 34.8 Å². The third kappa shape index (κ3) is 4.09. The smallest absolute Gasteiger partial charge is 0.266 e. The minimum absolute atomic E-state index is 0. The summed E-state index contributed by atoms with van der Waals surface area (Å²) in [5, 5.41) is 14.0. The van der Waals surface area contributed by atoms with E-state index in [-0.39, 0.29) is 41.2 Å². The molecule has 1 aliphatic carbocycles. The van der Waals surface area contributed by atoms with Gasteiger partial charge in [-0.25, -0.2) is 4.39 Å². The van der Waals surface area contributed by atoms with Crippen molar-refractivity contribution in [2.24, 2.45) is 0 Å². The Morgan fingerprint density at radius 2 is 2.10 bits per heavy atom. The van der Waals surface area contributed by atoms with Crippen LogP contribution >= 0.6 is 12.4 Å². The summed E-state index contributed by atoms with van der Waals surface area (Å²) in [5.41, 5.74) is -0.295. The van der Waals surface area contributed by atoms with Gasteiger partial charge in [0, 0.05) is 36.3 Å². The SMILES string of the molecule is CN[C@H]1CCN(c2c(F)cc3c(=O)c(C(=O)C[N+](=O)[O-])cn(C4CC4)c3c2OC)C1.Cl. The highest BCUT2D eigenvalue weighted by Gasteiger charge is 2.33. The molecule has 2 heterocycles. The number of nitrogens with zero attached hydrogens (tertiary/aromatic N) is 3. The number of nitro groups is 1. The maximum Gasteiger partial charge on any atom is 0.266 e. The first-order chi connectivity index (χ1) is 14.3. The van der Waals surface area contributed by atoms with Gasteiger partial charge in [-0.2, -0.15) is 0 Å². The van der Waals surface area contributed by atoms with Crippen molar-refractivity contribution in [3.63, 3.8) is 0 Å². The first-order valence-electron chi connectivity index (χ1n) is 9.88. The summed E-state index contributed by atoms with van der Waals surface area (Å²) in [6, 6.07) is 1.38. The van der Waals surface area contributed by atoms with Gasteiger partial charge in [0.15, 0.2) is 11.6 Å². The number of carbonyl (C=O) groups is 1. The Morgan fingerprint density at radius 3 is 2.65 bits per heavy atom. The van der Waals surface area contributed by atoms with E-state index < -0.39 is 28.5 Å². The van der Waals surface area contributed by atoms with Gasteiger partial charge in [-0.05, 0) is 32.4 Å². The molecule has 9 nitrogen and oxygen atoms in total. The zero-order chi connectivity index (χ0) is 21.6. The summed E-state index contributed by atoms with van der Waals surface area (Å²) < 4.78 is 22.6. The van der Waals surface area contributed by atoms with Gasteiger partial charge in [-0.15, -0.1) is 12.4 Å². The van der Waals surface area contributed by atoms with Crippen molar-refractivity contribution in [1.29, 1.82) is 0 Å². The first-order valence-corrected chi connectivity index (χ1v) is 9.88. The number of hydrogen-bond donors (Lipinski definition) is 1. The van der Waals surface area contributed by atoms with Gasteiger partial charge in [-0.1, -0.05) is 0 Å². The van der Waals surface area contributed by atoms with Crippen molar-refractivity contribution in [3.8, 4) is 5.75 Å². The van der Waals surface area contributed by atoms with E-state index in [1.54, 1.807) is 4.57 Å². The van der Waals surface area contributed by atoms with Gasteiger partial charge in [0.1, 0.15) is 5.69 Å². The van der Waals surface area contributed by atoms with Crippen molar-refractivity contribution in [1.82, 2.24) is 9.88 Å². The number of anilines is 1. The molecular weight excluding hydrogens is 431 g/mol. The molecule has 0 unspecified atom stereocenters. The summed E-state index contributed by atoms with van der Waals surface area (Å²) >= 11 is 0. The monoisotopic (exact) mass is 454 g/mol.